The number of nitrogens with one attached hydrogen (secondary N) is 1. The van der Waals surface area contributed by atoms with E-state index in [4.69, 9.17) is 0 Å². The molecule has 0 aliphatic rings. The third kappa shape index (κ3) is 2.65. The molecule has 0 unspecified atom stereocenters. The van der Waals surface area contributed by atoms with Crippen LogP contribution in [0.25, 0.3) is 5.69 Å². The van der Waals surface area contributed by atoms with Crippen LogP contribution in [0.2, 0.25) is 0 Å². The molecule has 96 valence electrons. The van der Waals surface area contributed by atoms with Gasteiger partial charge in [-0.1, -0.05) is 22.0 Å². The lowest BCUT2D eigenvalue weighted by atomic mass is 10.1. The van der Waals surface area contributed by atoms with Crippen LogP contribution in [0.15, 0.2) is 28.7 Å². The first-order valence-electron chi connectivity index (χ1n) is 6.09. The quantitative estimate of drug-likeness (QED) is 0.941. The van der Waals surface area contributed by atoms with Crippen LogP contribution in [-0.2, 0) is 6.42 Å². The number of rotatable bonds is 4. The maximum atomic E-state index is 4.64. The molecule has 2 aromatic rings. The molecule has 4 heteroatoms. The molecule has 0 amide bonds. The summed E-state index contributed by atoms with van der Waals surface area (Å²) in [7, 11) is 1.98. The summed E-state index contributed by atoms with van der Waals surface area (Å²) in [6.45, 7) is 5.18. The third-order valence-electron chi connectivity index (χ3n) is 3.12. The zero-order valence-electron chi connectivity index (χ0n) is 11.0. The Morgan fingerprint density at radius 1 is 1.33 bits per heavy atom. The summed E-state index contributed by atoms with van der Waals surface area (Å²) < 4.78 is 3.09. The molecule has 2 rings (SSSR count). The topological polar surface area (TPSA) is 29.9 Å². The van der Waals surface area contributed by atoms with Crippen molar-refractivity contribution in [1.29, 1.82) is 0 Å². The van der Waals surface area contributed by atoms with Crippen molar-refractivity contribution in [2.75, 3.05) is 13.6 Å². The highest BCUT2D eigenvalue weighted by Gasteiger charge is 2.12. The minimum absolute atomic E-state index is 0.978. The van der Waals surface area contributed by atoms with Crippen LogP contribution in [0, 0.1) is 13.8 Å². The molecule has 1 N–H and O–H groups in total. The summed E-state index contributed by atoms with van der Waals surface area (Å²) in [5.41, 5.74) is 4.77. The molecule has 0 aliphatic carbocycles. The summed E-state index contributed by atoms with van der Waals surface area (Å²) in [5.74, 6) is 0. The van der Waals surface area contributed by atoms with E-state index in [2.05, 4.69) is 52.3 Å². The molecule has 3 nitrogen and oxygen atoms in total. The zero-order chi connectivity index (χ0) is 13.1. The van der Waals surface area contributed by atoms with Gasteiger partial charge in [-0.3, -0.25) is 0 Å². The van der Waals surface area contributed by atoms with Gasteiger partial charge in [-0.2, -0.15) is 5.10 Å². The largest absolute Gasteiger partial charge is 0.319 e. The van der Waals surface area contributed by atoms with Crippen molar-refractivity contribution in [2.45, 2.75) is 20.3 Å². The van der Waals surface area contributed by atoms with Crippen LogP contribution in [0.3, 0.4) is 0 Å². The van der Waals surface area contributed by atoms with E-state index in [1.807, 2.05) is 23.9 Å². The van der Waals surface area contributed by atoms with Crippen LogP contribution in [0.5, 0.6) is 0 Å². The normalized spacial score (nSPS) is 10.9. The van der Waals surface area contributed by atoms with E-state index < -0.39 is 0 Å². The first-order valence-corrected chi connectivity index (χ1v) is 6.88. The van der Waals surface area contributed by atoms with Gasteiger partial charge in [-0.05, 0) is 57.6 Å². The Labute approximate surface area is 116 Å². The van der Waals surface area contributed by atoms with E-state index >= 15 is 0 Å². The summed E-state index contributed by atoms with van der Waals surface area (Å²) in [5, 5.41) is 7.83. The predicted molar refractivity (Wildman–Crippen MR) is 78.4 cm³/mol. The van der Waals surface area contributed by atoms with Gasteiger partial charge in [0.15, 0.2) is 0 Å². The number of aryl methyl sites for hydroxylation is 1. The van der Waals surface area contributed by atoms with Crippen molar-refractivity contribution in [3.05, 3.63) is 45.7 Å². The average molecular weight is 308 g/mol. The number of nitrogens with zero attached hydrogens (tertiary/aromatic N) is 2. The molecule has 0 saturated carbocycles. The Bertz CT molecular complexity index is 546. The van der Waals surface area contributed by atoms with Crippen LogP contribution in [0.4, 0.5) is 0 Å². The second-order valence-corrected chi connectivity index (χ2v) is 5.31. The van der Waals surface area contributed by atoms with E-state index in [0.29, 0.717) is 0 Å². The molecule has 0 bridgehead atoms. The van der Waals surface area contributed by atoms with Crippen LogP contribution in [-0.4, -0.2) is 23.4 Å². The summed E-state index contributed by atoms with van der Waals surface area (Å²) >= 11 is 3.50. The number of benzene rings is 1. The van der Waals surface area contributed by atoms with Gasteiger partial charge in [0.2, 0.25) is 0 Å². The highest BCUT2D eigenvalue weighted by molar-refractivity contribution is 9.10. The molecule has 18 heavy (non-hydrogen) atoms. The standard InChI is InChI=1S/C14H18BrN3/c1-10-14(7-8-16-3)11(2)18(17-10)13-6-4-5-12(15)9-13/h4-6,9,16H,7-8H2,1-3H3. The van der Waals surface area contributed by atoms with Gasteiger partial charge in [-0.15, -0.1) is 0 Å². The molecular weight excluding hydrogens is 290 g/mol. The van der Waals surface area contributed by atoms with E-state index in [1.165, 1.54) is 11.3 Å². The first-order chi connectivity index (χ1) is 8.63. The van der Waals surface area contributed by atoms with E-state index in [-0.39, 0.29) is 0 Å². The minimum Gasteiger partial charge on any atom is -0.319 e. The summed E-state index contributed by atoms with van der Waals surface area (Å²) in [6, 6.07) is 8.22. The molecule has 0 spiro atoms. The monoisotopic (exact) mass is 307 g/mol. The predicted octanol–water partition coefficient (Wildman–Crippen LogP) is 3.01. The Kier molecular flexibility index (Phi) is 4.19. The fourth-order valence-electron chi connectivity index (χ4n) is 2.15. The van der Waals surface area contributed by atoms with Gasteiger partial charge in [0, 0.05) is 10.2 Å². The van der Waals surface area contributed by atoms with Gasteiger partial charge in [0.05, 0.1) is 11.4 Å². The van der Waals surface area contributed by atoms with Crippen molar-refractivity contribution >= 4 is 15.9 Å². The van der Waals surface area contributed by atoms with Crippen LogP contribution >= 0.6 is 15.9 Å². The number of hydrogen-bond acceptors (Lipinski definition) is 2. The number of halogens is 1. The fourth-order valence-corrected chi connectivity index (χ4v) is 2.53. The van der Waals surface area contributed by atoms with E-state index in [0.717, 1.165) is 28.8 Å². The van der Waals surface area contributed by atoms with E-state index in [9.17, 15) is 0 Å². The lowest BCUT2D eigenvalue weighted by Gasteiger charge is -2.06. The minimum atomic E-state index is 0.978. The summed E-state index contributed by atoms with van der Waals surface area (Å²) in [4.78, 5) is 0. The molecule has 1 aromatic heterocycles. The van der Waals surface area contributed by atoms with Gasteiger partial charge in [-0.25, -0.2) is 4.68 Å². The molecule has 0 saturated heterocycles. The smallest absolute Gasteiger partial charge is 0.0660 e. The van der Waals surface area contributed by atoms with Crippen molar-refractivity contribution < 1.29 is 0 Å². The fraction of sp³-hybridized carbons (Fsp3) is 0.357. The molecular formula is C14H18BrN3. The Balaban J connectivity index is 2.40. The maximum absolute atomic E-state index is 4.64. The molecule has 1 aromatic carbocycles. The summed E-state index contributed by atoms with van der Waals surface area (Å²) in [6.07, 6.45) is 1.02. The Morgan fingerprint density at radius 2 is 2.11 bits per heavy atom. The van der Waals surface area contributed by atoms with Gasteiger partial charge >= 0.3 is 0 Å². The molecule has 0 fully saturated rings. The molecule has 0 atom stereocenters. The first kappa shape index (κ1) is 13.3. The highest BCUT2D eigenvalue weighted by atomic mass is 79.9. The van der Waals surface area contributed by atoms with Gasteiger partial charge in [0.25, 0.3) is 0 Å². The van der Waals surface area contributed by atoms with Crippen molar-refractivity contribution in [2.24, 2.45) is 0 Å². The van der Waals surface area contributed by atoms with Crippen molar-refractivity contribution in [3.8, 4) is 5.69 Å². The maximum Gasteiger partial charge on any atom is 0.0660 e. The lowest BCUT2D eigenvalue weighted by molar-refractivity contribution is 0.783. The molecule has 0 radical (unpaired) electrons. The molecule has 1 heterocycles. The zero-order valence-corrected chi connectivity index (χ0v) is 12.6. The lowest BCUT2D eigenvalue weighted by Crippen LogP contribution is -2.11. The van der Waals surface area contributed by atoms with Crippen molar-refractivity contribution in [1.82, 2.24) is 15.1 Å². The Morgan fingerprint density at radius 3 is 2.78 bits per heavy atom. The number of aromatic nitrogens is 2. The van der Waals surface area contributed by atoms with Gasteiger partial charge < -0.3 is 5.32 Å². The number of hydrogen-bond donors (Lipinski definition) is 1. The van der Waals surface area contributed by atoms with Crippen molar-refractivity contribution in [3.63, 3.8) is 0 Å². The van der Waals surface area contributed by atoms with E-state index in [1.54, 1.807) is 0 Å². The van der Waals surface area contributed by atoms with Crippen LogP contribution in [0.1, 0.15) is 17.0 Å². The SMILES string of the molecule is CNCCc1c(C)nn(-c2cccc(Br)c2)c1C. The Hall–Kier alpha value is -1.13. The van der Waals surface area contributed by atoms with Crippen LogP contribution < -0.4 is 5.32 Å². The third-order valence-corrected chi connectivity index (χ3v) is 3.61. The second-order valence-electron chi connectivity index (χ2n) is 4.39. The molecule has 0 aliphatic heterocycles. The average Bonchev–Trinajstić information content (AvgIpc) is 2.63. The number of likely N-dealkylation sites (N-methyl/N-ethyl adjacent to an activating group) is 1. The second kappa shape index (κ2) is 5.67. The van der Waals surface area contributed by atoms with Gasteiger partial charge in [0.1, 0.15) is 0 Å². The highest BCUT2D eigenvalue weighted by Crippen LogP contribution is 2.20.